The molecule has 27 heavy (non-hydrogen) atoms. The van der Waals surface area contributed by atoms with Gasteiger partial charge in [-0.3, -0.25) is 4.79 Å². The molecule has 2 N–H and O–H groups in total. The number of aliphatic carboxylic acids is 1. The van der Waals surface area contributed by atoms with E-state index in [1.165, 1.54) is 43.1 Å². The van der Waals surface area contributed by atoms with Gasteiger partial charge in [-0.15, -0.1) is 11.3 Å². The first-order valence-corrected chi connectivity index (χ1v) is 10.2. The highest BCUT2D eigenvalue weighted by Crippen LogP contribution is 2.32. The van der Waals surface area contributed by atoms with Crippen molar-refractivity contribution in [2.45, 2.75) is 38.5 Å². The van der Waals surface area contributed by atoms with Crippen molar-refractivity contribution < 1.29 is 14.7 Å². The Kier molecular flexibility index (Phi) is 6.63. The maximum absolute atomic E-state index is 12.1. The molecule has 5 nitrogen and oxygen atoms in total. The number of hydrogen-bond acceptors (Lipinski definition) is 4. The minimum Gasteiger partial charge on any atom is -0.477 e. The van der Waals surface area contributed by atoms with Crippen molar-refractivity contribution in [3.63, 3.8) is 0 Å². The molecule has 1 saturated carbocycles. The normalized spacial score (nSPS) is 15.1. The zero-order valence-corrected chi connectivity index (χ0v) is 16.4. The summed E-state index contributed by atoms with van der Waals surface area (Å²) in [6.07, 6.45) is 8.97. The number of carboxylic acid groups (broad SMARTS) is 1. The first-order valence-electron chi connectivity index (χ1n) is 8.98. The van der Waals surface area contributed by atoms with Gasteiger partial charge in [-0.1, -0.05) is 55.5 Å². The molecule has 0 spiro atoms. The number of halogens is 1. The van der Waals surface area contributed by atoms with Gasteiger partial charge in [0, 0.05) is 23.1 Å². The van der Waals surface area contributed by atoms with E-state index < -0.39 is 5.97 Å². The number of thiazole rings is 1. The third-order valence-corrected chi connectivity index (χ3v) is 5.98. The van der Waals surface area contributed by atoms with E-state index in [1.54, 1.807) is 12.3 Å². The molecule has 0 saturated heterocycles. The van der Waals surface area contributed by atoms with Crippen LogP contribution < -0.4 is 5.32 Å². The molecule has 3 rings (SSSR count). The largest absolute Gasteiger partial charge is 0.477 e. The summed E-state index contributed by atoms with van der Waals surface area (Å²) in [5.74, 6) is -0.837. The van der Waals surface area contributed by atoms with E-state index in [0.29, 0.717) is 27.2 Å². The standard InChI is InChI=1S/C20H21ClN2O3S/c21-16-8-4-3-7-15(16)19-22-12-14(27-19)11-17(20(25)26)23-18(24)10-9-13-5-1-2-6-13/h3-4,7-8,11-13H,1-2,5-6,9-10H2,(H,23,24)(H,25,26)/b17-11+. The third kappa shape index (κ3) is 5.40. The van der Waals surface area contributed by atoms with Crippen molar-refractivity contribution in [2.75, 3.05) is 0 Å². The fourth-order valence-electron chi connectivity index (χ4n) is 3.25. The second-order valence-electron chi connectivity index (χ2n) is 6.65. The fraction of sp³-hybridized carbons (Fsp3) is 0.350. The van der Waals surface area contributed by atoms with Gasteiger partial charge in [0.25, 0.3) is 0 Å². The molecule has 0 unspecified atom stereocenters. The van der Waals surface area contributed by atoms with Crippen LogP contribution in [0.25, 0.3) is 16.6 Å². The predicted octanol–water partition coefficient (Wildman–Crippen LogP) is 4.98. The van der Waals surface area contributed by atoms with Gasteiger partial charge in [-0.05, 0) is 24.5 Å². The molecule has 1 aromatic heterocycles. The van der Waals surface area contributed by atoms with Crippen molar-refractivity contribution in [1.82, 2.24) is 10.3 Å². The SMILES string of the molecule is O=C(CCC1CCCC1)N/C(=C/c1cnc(-c2ccccc2Cl)s1)C(=O)O. The topological polar surface area (TPSA) is 79.3 Å². The third-order valence-electron chi connectivity index (χ3n) is 4.67. The number of nitrogens with one attached hydrogen (secondary N) is 1. The number of nitrogens with zero attached hydrogens (tertiary/aromatic N) is 1. The van der Waals surface area contributed by atoms with Gasteiger partial charge in [0.2, 0.25) is 5.91 Å². The summed E-state index contributed by atoms with van der Waals surface area (Å²) in [5.41, 5.74) is 0.655. The Hall–Kier alpha value is -2.18. The number of aromatic nitrogens is 1. The lowest BCUT2D eigenvalue weighted by atomic mass is 10.0. The molecule has 0 radical (unpaired) electrons. The number of hydrogen-bond donors (Lipinski definition) is 2. The summed E-state index contributed by atoms with van der Waals surface area (Å²) in [7, 11) is 0. The predicted molar refractivity (Wildman–Crippen MR) is 108 cm³/mol. The van der Waals surface area contributed by atoms with Gasteiger partial charge in [-0.2, -0.15) is 0 Å². The van der Waals surface area contributed by atoms with E-state index in [9.17, 15) is 14.7 Å². The smallest absolute Gasteiger partial charge is 0.352 e. The highest BCUT2D eigenvalue weighted by atomic mass is 35.5. The minimum atomic E-state index is -1.17. The summed E-state index contributed by atoms with van der Waals surface area (Å²) < 4.78 is 0. The quantitative estimate of drug-likeness (QED) is 0.638. The fourth-order valence-corrected chi connectivity index (χ4v) is 4.43. The van der Waals surface area contributed by atoms with Crippen LogP contribution >= 0.6 is 22.9 Å². The molecule has 7 heteroatoms. The number of carboxylic acids is 1. The van der Waals surface area contributed by atoms with Crippen LogP contribution in [0.4, 0.5) is 0 Å². The average Bonchev–Trinajstić information content (AvgIpc) is 3.31. The van der Waals surface area contributed by atoms with E-state index in [2.05, 4.69) is 10.3 Å². The monoisotopic (exact) mass is 404 g/mol. The maximum Gasteiger partial charge on any atom is 0.352 e. The van der Waals surface area contributed by atoms with E-state index in [0.717, 1.165) is 12.0 Å². The minimum absolute atomic E-state index is 0.138. The van der Waals surface area contributed by atoms with Crippen LogP contribution in [0, 0.1) is 5.92 Å². The summed E-state index contributed by atoms with van der Waals surface area (Å²) in [6, 6.07) is 7.34. The van der Waals surface area contributed by atoms with Crippen LogP contribution in [-0.2, 0) is 9.59 Å². The van der Waals surface area contributed by atoms with Crippen molar-refractivity contribution in [3.05, 3.63) is 46.1 Å². The molecule has 142 valence electrons. The van der Waals surface area contributed by atoms with Gasteiger partial charge < -0.3 is 10.4 Å². The first kappa shape index (κ1) is 19.6. The molecule has 0 atom stereocenters. The maximum atomic E-state index is 12.1. The number of benzene rings is 1. The van der Waals surface area contributed by atoms with E-state index >= 15 is 0 Å². The van der Waals surface area contributed by atoms with E-state index in [-0.39, 0.29) is 11.6 Å². The summed E-state index contributed by atoms with van der Waals surface area (Å²) in [4.78, 5) is 28.6. The van der Waals surface area contributed by atoms with Crippen LogP contribution in [0.1, 0.15) is 43.4 Å². The Morgan fingerprint density at radius 1 is 1.30 bits per heavy atom. The molecule has 2 aromatic rings. The van der Waals surface area contributed by atoms with Gasteiger partial charge >= 0.3 is 5.97 Å². The van der Waals surface area contributed by atoms with E-state index in [4.69, 9.17) is 11.6 Å². The molecule has 1 amide bonds. The van der Waals surface area contributed by atoms with Gasteiger partial charge in [0.05, 0.1) is 5.02 Å². The van der Waals surface area contributed by atoms with Crippen molar-refractivity contribution >= 4 is 40.9 Å². The molecular weight excluding hydrogens is 384 g/mol. The summed E-state index contributed by atoms with van der Waals surface area (Å²) in [5, 5.41) is 13.2. The van der Waals surface area contributed by atoms with Crippen LogP contribution in [0.3, 0.4) is 0 Å². The van der Waals surface area contributed by atoms with Crippen molar-refractivity contribution in [2.24, 2.45) is 5.92 Å². The number of amides is 1. The van der Waals surface area contributed by atoms with Gasteiger partial charge in [-0.25, -0.2) is 9.78 Å². The van der Waals surface area contributed by atoms with Crippen LogP contribution in [0.5, 0.6) is 0 Å². The van der Waals surface area contributed by atoms with Crippen LogP contribution in [0.2, 0.25) is 5.02 Å². The Balaban J connectivity index is 1.67. The highest BCUT2D eigenvalue weighted by Gasteiger charge is 2.18. The molecular formula is C20H21ClN2O3S. The Morgan fingerprint density at radius 2 is 2.04 bits per heavy atom. The molecule has 1 heterocycles. The first-order chi connectivity index (χ1) is 13.0. The summed E-state index contributed by atoms with van der Waals surface area (Å²) >= 11 is 7.50. The second kappa shape index (κ2) is 9.15. The average molecular weight is 405 g/mol. The highest BCUT2D eigenvalue weighted by molar-refractivity contribution is 7.16. The number of rotatable bonds is 7. The van der Waals surface area contributed by atoms with Crippen LogP contribution in [-0.4, -0.2) is 22.0 Å². The molecule has 1 aliphatic rings. The molecule has 0 bridgehead atoms. The molecule has 1 aromatic carbocycles. The molecule has 0 aliphatic heterocycles. The van der Waals surface area contributed by atoms with Gasteiger partial charge in [0.1, 0.15) is 10.7 Å². The summed E-state index contributed by atoms with van der Waals surface area (Å²) in [6.45, 7) is 0. The Bertz CT molecular complexity index is 856. The Morgan fingerprint density at radius 3 is 2.74 bits per heavy atom. The van der Waals surface area contributed by atoms with Gasteiger partial charge in [0.15, 0.2) is 0 Å². The number of carbonyl (C=O) groups excluding carboxylic acids is 1. The molecule has 1 aliphatic carbocycles. The Labute approximate surface area is 167 Å². The van der Waals surface area contributed by atoms with Crippen molar-refractivity contribution in [3.8, 4) is 10.6 Å². The second-order valence-corrected chi connectivity index (χ2v) is 8.12. The van der Waals surface area contributed by atoms with Crippen molar-refractivity contribution in [1.29, 1.82) is 0 Å². The lowest BCUT2D eigenvalue weighted by molar-refractivity contribution is -0.134. The zero-order chi connectivity index (χ0) is 19.2. The number of carbonyl (C=O) groups is 2. The lowest BCUT2D eigenvalue weighted by Gasteiger charge is -2.09. The van der Waals surface area contributed by atoms with Crippen LogP contribution in [0.15, 0.2) is 36.2 Å². The van der Waals surface area contributed by atoms with E-state index in [1.807, 2.05) is 18.2 Å². The zero-order valence-electron chi connectivity index (χ0n) is 14.8. The molecule has 1 fully saturated rings. The lowest BCUT2D eigenvalue weighted by Crippen LogP contribution is -2.27.